The van der Waals surface area contributed by atoms with E-state index in [9.17, 15) is 5.11 Å². The quantitative estimate of drug-likeness (QED) is 0.461. The minimum Gasteiger partial charge on any atom is -0.508 e. The van der Waals surface area contributed by atoms with E-state index in [4.69, 9.17) is 18.9 Å². The number of rotatable bonds is 3. The number of ether oxygens (including phenoxy) is 2. The summed E-state index contributed by atoms with van der Waals surface area (Å²) in [4.78, 5) is 9.27. The molecule has 0 fully saturated rings. The first kappa shape index (κ1) is 17.5. The summed E-state index contributed by atoms with van der Waals surface area (Å²) >= 11 is 0. The Kier molecular flexibility index (Phi) is 3.73. The molecule has 0 spiro atoms. The van der Waals surface area contributed by atoms with Crippen LogP contribution in [0.5, 0.6) is 23.1 Å². The van der Waals surface area contributed by atoms with E-state index in [1.54, 1.807) is 36.3 Å². The van der Waals surface area contributed by atoms with Gasteiger partial charge < -0.3 is 19.0 Å². The second-order valence-electron chi connectivity index (χ2n) is 7.17. The summed E-state index contributed by atoms with van der Waals surface area (Å²) in [6.07, 6.45) is 3.20. The van der Waals surface area contributed by atoms with Crippen LogP contribution in [0, 0.1) is 0 Å². The number of methoxy groups -OCH3 is 1. The smallest absolute Gasteiger partial charge is 0.228 e. The molecule has 4 heterocycles. The average Bonchev–Trinajstić information content (AvgIpc) is 3.47. The Morgan fingerprint density at radius 2 is 1.97 bits per heavy atom. The minimum absolute atomic E-state index is 0.116. The summed E-state index contributed by atoms with van der Waals surface area (Å²) in [5, 5.41) is 14.5. The Bertz CT molecular complexity index is 1410. The number of hydrogen-bond donors (Lipinski definition) is 1. The van der Waals surface area contributed by atoms with Gasteiger partial charge in [-0.05, 0) is 42.5 Å². The minimum atomic E-state index is -0.307. The van der Waals surface area contributed by atoms with Crippen molar-refractivity contribution in [1.29, 1.82) is 0 Å². The molecule has 8 heteroatoms. The Morgan fingerprint density at radius 1 is 1.10 bits per heavy atom. The van der Waals surface area contributed by atoms with Crippen molar-refractivity contribution in [1.82, 2.24) is 19.6 Å². The Balaban J connectivity index is 1.57. The predicted octanol–water partition coefficient (Wildman–Crippen LogP) is 4.38. The number of phenols is 1. The van der Waals surface area contributed by atoms with Crippen molar-refractivity contribution in [3.8, 4) is 34.5 Å². The molecule has 0 saturated carbocycles. The molecule has 5 aromatic rings. The van der Waals surface area contributed by atoms with Crippen molar-refractivity contribution < 1.29 is 19.0 Å². The predicted molar refractivity (Wildman–Crippen MR) is 111 cm³/mol. The van der Waals surface area contributed by atoms with Crippen molar-refractivity contribution in [3.63, 3.8) is 0 Å². The van der Waals surface area contributed by atoms with Gasteiger partial charge in [0.2, 0.25) is 5.88 Å². The molecular weight excluding hydrogens is 396 g/mol. The van der Waals surface area contributed by atoms with Crippen molar-refractivity contribution in [2.75, 3.05) is 7.11 Å². The van der Waals surface area contributed by atoms with Crippen LogP contribution in [0.3, 0.4) is 0 Å². The first-order valence-electron chi connectivity index (χ1n) is 9.65. The van der Waals surface area contributed by atoms with Gasteiger partial charge in [0, 0.05) is 17.2 Å². The zero-order chi connectivity index (χ0) is 20.9. The molecule has 0 radical (unpaired) electrons. The lowest BCUT2D eigenvalue weighted by Crippen LogP contribution is -2.14. The van der Waals surface area contributed by atoms with Gasteiger partial charge in [-0.2, -0.15) is 0 Å². The standard InChI is InChI=1S/C23H16N4O4/c1-29-15-7-4-13(5-8-15)21-25-22-20-19(17-3-2-10-30-17)16-9-6-14(28)11-18(16)31-23(20)24-12-27(22)26-21/h2-12,19,28H,1H3/t19-/m0/s1. The van der Waals surface area contributed by atoms with E-state index >= 15 is 0 Å². The van der Waals surface area contributed by atoms with Crippen LogP contribution in [0.2, 0.25) is 0 Å². The van der Waals surface area contributed by atoms with Crippen molar-refractivity contribution in [3.05, 3.63) is 84.1 Å². The number of aromatic nitrogens is 4. The third-order valence-corrected chi connectivity index (χ3v) is 5.37. The van der Waals surface area contributed by atoms with Crippen LogP contribution in [0.25, 0.3) is 17.0 Å². The van der Waals surface area contributed by atoms with E-state index in [1.165, 1.54) is 0 Å². The molecule has 1 atom stereocenters. The fraction of sp³-hybridized carbons (Fsp3) is 0.0870. The maximum atomic E-state index is 9.93. The molecule has 3 aromatic heterocycles. The monoisotopic (exact) mass is 412 g/mol. The highest BCUT2D eigenvalue weighted by atomic mass is 16.5. The zero-order valence-electron chi connectivity index (χ0n) is 16.4. The van der Waals surface area contributed by atoms with Crippen molar-refractivity contribution in [2.45, 2.75) is 5.92 Å². The largest absolute Gasteiger partial charge is 0.508 e. The summed E-state index contributed by atoms with van der Waals surface area (Å²) in [6.45, 7) is 0. The molecule has 152 valence electrons. The van der Waals surface area contributed by atoms with Gasteiger partial charge in [0.15, 0.2) is 11.5 Å². The topological polar surface area (TPSA) is 94.9 Å². The van der Waals surface area contributed by atoms with Crippen LogP contribution < -0.4 is 9.47 Å². The molecule has 0 aliphatic carbocycles. The zero-order valence-corrected chi connectivity index (χ0v) is 16.4. The lowest BCUT2D eigenvalue weighted by atomic mass is 9.87. The highest BCUT2D eigenvalue weighted by Crippen LogP contribution is 2.48. The molecule has 1 aliphatic heterocycles. The fourth-order valence-corrected chi connectivity index (χ4v) is 3.92. The van der Waals surface area contributed by atoms with Crippen LogP contribution in [0.1, 0.15) is 22.8 Å². The van der Waals surface area contributed by atoms with Crippen molar-refractivity contribution in [2.24, 2.45) is 0 Å². The summed E-state index contributed by atoms with van der Waals surface area (Å²) in [7, 11) is 1.63. The van der Waals surface area contributed by atoms with E-state index in [0.717, 1.165) is 28.2 Å². The lowest BCUT2D eigenvalue weighted by molar-refractivity contribution is 0.409. The molecular formula is C23H16N4O4. The maximum Gasteiger partial charge on any atom is 0.228 e. The van der Waals surface area contributed by atoms with Gasteiger partial charge in [0.05, 0.1) is 24.9 Å². The fourth-order valence-electron chi connectivity index (χ4n) is 3.92. The highest BCUT2D eigenvalue weighted by molar-refractivity contribution is 5.68. The normalized spacial score (nSPS) is 14.7. The van der Waals surface area contributed by atoms with Crippen LogP contribution in [-0.4, -0.2) is 31.8 Å². The highest BCUT2D eigenvalue weighted by Gasteiger charge is 2.35. The van der Waals surface area contributed by atoms with Crippen molar-refractivity contribution >= 4 is 5.65 Å². The average molecular weight is 412 g/mol. The number of benzene rings is 2. The van der Waals surface area contributed by atoms with Gasteiger partial charge in [-0.1, -0.05) is 6.07 Å². The first-order chi connectivity index (χ1) is 15.2. The van der Waals surface area contributed by atoms with Gasteiger partial charge in [0.1, 0.15) is 29.3 Å². The molecule has 8 nitrogen and oxygen atoms in total. The number of nitrogens with zero attached hydrogens (tertiary/aromatic N) is 4. The number of furan rings is 1. The van der Waals surface area contributed by atoms with E-state index in [1.807, 2.05) is 42.5 Å². The van der Waals surface area contributed by atoms with Crippen LogP contribution in [0.4, 0.5) is 0 Å². The first-order valence-corrected chi connectivity index (χ1v) is 9.65. The summed E-state index contributed by atoms with van der Waals surface area (Å²) in [5.74, 6) is 2.79. The lowest BCUT2D eigenvalue weighted by Gasteiger charge is -2.26. The third-order valence-electron chi connectivity index (χ3n) is 5.37. The molecule has 0 saturated heterocycles. The summed E-state index contributed by atoms with van der Waals surface area (Å²) in [6, 6.07) is 16.3. The van der Waals surface area contributed by atoms with E-state index in [2.05, 4.69) is 10.1 Å². The molecule has 31 heavy (non-hydrogen) atoms. The van der Waals surface area contributed by atoms with Crippen LogP contribution in [0.15, 0.2) is 71.6 Å². The summed E-state index contributed by atoms with van der Waals surface area (Å²) in [5.41, 5.74) is 3.08. The number of fused-ring (bicyclic) bond motifs is 4. The molecule has 1 aliphatic rings. The third kappa shape index (κ3) is 2.72. The number of phenolic OH excluding ortho intramolecular Hbond substituents is 1. The molecule has 0 amide bonds. The second-order valence-corrected chi connectivity index (χ2v) is 7.17. The van der Waals surface area contributed by atoms with Gasteiger partial charge in [-0.3, -0.25) is 0 Å². The van der Waals surface area contributed by atoms with Gasteiger partial charge >= 0.3 is 0 Å². The Hall–Kier alpha value is -4.33. The van der Waals surface area contributed by atoms with Gasteiger partial charge in [-0.15, -0.1) is 5.10 Å². The summed E-state index contributed by atoms with van der Waals surface area (Å²) < 4.78 is 18.7. The maximum absolute atomic E-state index is 9.93. The van der Waals surface area contributed by atoms with E-state index in [-0.39, 0.29) is 11.7 Å². The number of aromatic hydroxyl groups is 1. The van der Waals surface area contributed by atoms with Gasteiger partial charge in [-0.25, -0.2) is 14.5 Å². The molecule has 2 aromatic carbocycles. The Morgan fingerprint density at radius 3 is 2.74 bits per heavy atom. The van der Waals surface area contributed by atoms with Crippen LogP contribution in [-0.2, 0) is 0 Å². The van der Waals surface area contributed by atoms with E-state index < -0.39 is 0 Å². The SMILES string of the molecule is COc1ccc(-c2nc3c4c(ncn3n2)Oc2cc(O)ccc2[C@H]4c2ccco2)cc1. The number of hydrogen-bond acceptors (Lipinski definition) is 7. The second kappa shape index (κ2) is 6.60. The molecule has 0 bridgehead atoms. The van der Waals surface area contributed by atoms with Crippen LogP contribution >= 0.6 is 0 Å². The Labute approximate surface area is 176 Å². The molecule has 1 N–H and O–H groups in total. The molecule has 6 rings (SSSR count). The van der Waals surface area contributed by atoms with Gasteiger partial charge in [0.25, 0.3) is 0 Å². The van der Waals surface area contributed by atoms with E-state index in [0.29, 0.717) is 23.1 Å². The molecule has 0 unspecified atom stereocenters.